The summed E-state index contributed by atoms with van der Waals surface area (Å²) in [6, 6.07) is 14.7. The van der Waals surface area contributed by atoms with Crippen LogP contribution in [0.5, 0.6) is 0 Å². The van der Waals surface area contributed by atoms with Crippen LogP contribution in [0.4, 0.5) is 5.69 Å². The van der Waals surface area contributed by atoms with Gasteiger partial charge >= 0.3 is 0 Å². The number of pyridine rings is 1. The highest BCUT2D eigenvalue weighted by atomic mass is 15.1. The maximum atomic E-state index is 6.05. The minimum absolute atomic E-state index is 0.134. The van der Waals surface area contributed by atoms with Gasteiger partial charge in [0.2, 0.25) is 0 Å². The molecule has 0 aliphatic rings. The van der Waals surface area contributed by atoms with E-state index in [9.17, 15) is 0 Å². The number of rotatable bonds is 6. The van der Waals surface area contributed by atoms with Crippen LogP contribution in [0, 0.1) is 0 Å². The molecular formula is C17H23N3. The second kappa shape index (κ2) is 7.06. The number of anilines is 1. The van der Waals surface area contributed by atoms with Gasteiger partial charge in [-0.1, -0.05) is 25.1 Å². The average Bonchev–Trinajstić information content (AvgIpc) is 2.53. The molecule has 2 N–H and O–H groups in total. The van der Waals surface area contributed by atoms with Crippen molar-refractivity contribution in [2.45, 2.75) is 32.9 Å². The average molecular weight is 269 g/mol. The summed E-state index contributed by atoms with van der Waals surface area (Å²) >= 11 is 0. The van der Waals surface area contributed by atoms with Crippen LogP contribution in [0.3, 0.4) is 0 Å². The van der Waals surface area contributed by atoms with E-state index >= 15 is 0 Å². The van der Waals surface area contributed by atoms with Crippen molar-refractivity contribution in [3.05, 3.63) is 59.9 Å². The van der Waals surface area contributed by atoms with Gasteiger partial charge in [0, 0.05) is 24.5 Å². The molecule has 1 heterocycles. The molecule has 106 valence electrons. The summed E-state index contributed by atoms with van der Waals surface area (Å²) in [5.74, 6) is 0. The fourth-order valence-corrected chi connectivity index (χ4v) is 2.24. The van der Waals surface area contributed by atoms with Crippen molar-refractivity contribution in [2.75, 3.05) is 11.4 Å². The van der Waals surface area contributed by atoms with Crippen LogP contribution in [0.1, 0.15) is 37.6 Å². The Labute approximate surface area is 121 Å². The number of aromatic nitrogens is 1. The molecule has 2 rings (SSSR count). The molecule has 20 heavy (non-hydrogen) atoms. The molecule has 0 spiro atoms. The second-order valence-electron chi connectivity index (χ2n) is 4.94. The van der Waals surface area contributed by atoms with Crippen molar-refractivity contribution in [1.29, 1.82) is 0 Å². The largest absolute Gasteiger partial charge is 0.366 e. The Morgan fingerprint density at radius 1 is 1.10 bits per heavy atom. The minimum atomic E-state index is 0.134. The fraction of sp³-hybridized carbons (Fsp3) is 0.353. The van der Waals surface area contributed by atoms with Gasteiger partial charge in [0.25, 0.3) is 0 Å². The van der Waals surface area contributed by atoms with Crippen LogP contribution in [-0.4, -0.2) is 11.5 Å². The molecule has 1 aromatic carbocycles. The van der Waals surface area contributed by atoms with Crippen molar-refractivity contribution < 1.29 is 0 Å². The Kier molecular flexibility index (Phi) is 5.13. The van der Waals surface area contributed by atoms with Gasteiger partial charge in [-0.2, -0.15) is 0 Å². The van der Waals surface area contributed by atoms with E-state index in [0.29, 0.717) is 0 Å². The van der Waals surface area contributed by atoms with Crippen LogP contribution in [-0.2, 0) is 6.54 Å². The van der Waals surface area contributed by atoms with E-state index < -0.39 is 0 Å². The Balaban J connectivity index is 2.11. The zero-order valence-corrected chi connectivity index (χ0v) is 12.3. The molecule has 3 heteroatoms. The molecule has 0 unspecified atom stereocenters. The summed E-state index contributed by atoms with van der Waals surface area (Å²) < 4.78 is 0. The van der Waals surface area contributed by atoms with E-state index in [0.717, 1.165) is 25.2 Å². The Bertz CT molecular complexity index is 508. The predicted octanol–water partition coefficient (Wildman–Crippen LogP) is 3.52. The third-order valence-electron chi connectivity index (χ3n) is 3.59. The molecule has 0 aliphatic carbocycles. The van der Waals surface area contributed by atoms with Gasteiger partial charge in [0.15, 0.2) is 0 Å². The molecule has 0 radical (unpaired) electrons. The normalized spacial score (nSPS) is 12.2. The lowest BCUT2D eigenvalue weighted by Gasteiger charge is -2.23. The van der Waals surface area contributed by atoms with Gasteiger partial charge in [-0.05, 0) is 43.2 Å². The summed E-state index contributed by atoms with van der Waals surface area (Å²) in [6.07, 6.45) is 2.80. The highest BCUT2D eigenvalue weighted by Crippen LogP contribution is 2.20. The molecule has 0 saturated carbocycles. The van der Waals surface area contributed by atoms with Crippen LogP contribution in [0.25, 0.3) is 0 Å². The minimum Gasteiger partial charge on any atom is -0.366 e. The summed E-state index contributed by atoms with van der Waals surface area (Å²) in [5.41, 5.74) is 9.55. The van der Waals surface area contributed by atoms with Gasteiger partial charge in [-0.3, -0.25) is 4.98 Å². The van der Waals surface area contributed by atoms with Crippen LogP contribution < -0.4 is 10.6 Å². The summed E-state index contributed by atoms with van der Waals surface area (Å²) in [7, 11) is 0. The topological polar surface area (TPSA) is 42.1 Å². The first-order valence-electron chi connectivity index (χ1n) is 7.25. The first-order valence-corrected chi connectivity index (χ1v) is 7.25. The van der Waals surface area contributed by atoms with Gasteiger partial charge in [-0.15, -0.1) is 0 Å². The lowest BCUT2D eigenvalue weighted by Crippen LogP contribution is -2.22. The number of benzene rings is 1. The highest BCUT2D eigenvalue weighted by molar-refractivity contribution is 5.48. The molecule has 0 bridgehead atoms. The van der Waals surface area contributed by atoms with Crippen molar-refractivity contribution >= 4 is 5.69 Å². The van der Waals surface area contributed by atoms with Gasteiger partial charge in [-0.25, -0.2) is 0 Å². The first-order chi connectivity index (χ1) is 9.74. The molecular weight excluding hydrogens is 246 g/mol. The standard InChI is InChI=1S/C17H23N3/c1-3-17(18)14-8-10-16(11-9-14)20(4-2)13-15-7-5-6-12-19-15/h5-12,17H,3-4,13,18H2,1-2H3/t17-/m0/s1. The third-order valence-corrected chi connectivity index (χ3v) is 3.59. The number of hydrogen-bond donors (Lipinski definition) is 1. The number of nitrogens with zero attached hydrogens (tertiary/aromatic N) is 2. The van der Waals surface area contributed by atoms with E-state index in [1.54, 1.807) is 0 Å². The molecule has 2 aromatic rings. The number of nitrogens with two attached hydrogens (primary N) is 1. The zero-order chi connectivity index (χ0) is 14.4. The second-order valence-corrected chi connectivity index (χ2v) is 4.94. The van der Waals surface area contributed by atoms with E-state index in [2.05, 4.69) is 54.1 Å². The SMILES string of the molecule is CC[C@H](N)c1ccc(N(CC)Cc2ccccn2)cc1. The van der Waals surface area contributed by atoms with Gasteiger partial charge < -0.3 is 10.6 Å². The molecule has 1 aromatic heterocycles. The van der Waals surface area contributed by atoms with Gasteiger partial charge in [0.05, 0.1) is 12.2 Å². The molecule has 3 nitrogen and oxygen atoms in total. The quantitative estimate of drug-likeness (QED) is 0.872. The zero-order valence-electron chi connectivity index (χ0n) is 12.3. The predicted molar refractivity (Wildman–Crippen MR) is 84.6 cm³/mol. The summed E-state index contributed by atoms with van der Waals surface area (Å²) in [4.78, 5) is 6.70. The maximum Gasteiger partial charge on any atom is 0.0601 e. The van der Waals surface area contributed by atoms with Crippen LogP contribution in [0.2, 0.25) is 0 Å². The summed E-state index contributed by atoms with van der Waals surface area (Å²) in [6.45, 7) is 6.05. The molecule has 0 saturated heterocycles. The highest BCUT2D eigenvalue weighted by Gasteiger charge is 2.08. The number of hydrogen-bond acceptors (Lipinski definition) is 3. The van der Waals surface area contributed by atoms with E-state index in [1.165, 1.54) is 11.3 Å². The Hall–Kier alpha value is -1.87. The molecule has 1 atom stereocenters. The van der Waals surface area contributed by atoms with E-state index in [-0.39, 0.29) is 6.04 Å². The summed E-state index contributed by atoms with van der Waals surface area (Å²) in [5, 5.41) is 0. The van der Waals surface area contributed by atoms with Gasteiger partial charge in [0.1, 0.15) is 0 Å². The maximum absolute atomic E-state index is 6.05. The van der Waals surface area contributed by atoms with Crippen molar-refractivity contribution in [1.82, 2.24) is 4.98 Å². The molecule has 0 amide bonds. The monoisotopic (exact) mass is 269 g/mol. The lowest BCUT2D eigenvalue weighted by molar-refractivity contribution is 0.698. The van der Waals surface area contributed by atoms with Crippen LogP contribution >= 0.6 is 0 Å². The Morgan fingerprint density at radius 2 is 1.85 bits per heavy atom. The van der Waals surface area contributed by atoms with Crippen molar-refractivity contribution in [3.63, 3.8) is 0 Å². The fourth-order valence-electron chi connectivity index (χ4n) is 2.24. The van der Waals surface area contributed by atoms with Crippen molar-refractivity contribution in [3.8, 4) is 0 Å². The molecule has 0 fully saturated rings. The third kappa shape index (κ3) is 3.58. The van der Waals surface area contributed by atoms with E-state index in [4.69, 9.17) is 5.73 Å². The smallest absolute Gasteiger partial charge is 0.0601 e. The Morgan fingerprint density at radius 3 is 2.40 bits per heavy atom. The van der Waals surface area contributed by atoms with Crippen molar-refractivity contribution in [2.24, 2.45) is 5.73 Å². The van der Waals surface area contributed by atoms with E-state index in [1.807, 2.05) is 18.3 Å². The lowest BCUT2D eigenvalue weighted by atomic mass is 10.1. The van der Waals surface area contributed by atoms with Crippen LogP contribution in [0.15, 0.2) is 48.7 Å². The molecule has 0 aliphatic heterocycles. The first kappa shape index (κ1) is 14.5.